The van der Waals surface area contributed by atoms with Gasteiger partial charge in [-0.05, 0) is 39.7 Å². The molecule has 0 saturated carbocycles. The van der Waals surface area contributed by atoms with Crippen LogP contribution in [0.15, 0.2) is 12.3 Å². The van der Waals surface area contributed by atoms with Crippen molar-refractivity contribution in [3.05, 3.63) is 17.8 Å². The van der Waals surface area contributed by atoms with Gasteiger partial charge in [0.05, 0.1) is 18.5 Å². The first-order valence-corrected chi connectivity index (χ1v) is 6.66. The molecular formula is C14H21N3O2. The van der Waals surface area contributed by atoms with Crippen LogP contribution >= 0.6 is 0 Å². The highest BCUT2D eigenvalue weighted by molar-refractivity contribution is 5.96. The van der Waals surface area contributed by atoms with E-state index in [0.29, 0.717) is 23.7 Å². The normalized spacial score (nSPS) is 17.5. The highest BCUT2D eigenvalue weighted by atomic mass is 16.5. The monoisotopic (exact) mass is 263 g/mol. The van der Waals surface area contributed by atoms with Crippen molar-refractivity contribution < 1.29 is 9.53 Å². The van der Waals surface area contributed by atoms with E-state index in [2.05, 4.69) is 23.7 Å². The van der Waals surface area contributed by atoms with Crippen molar-refractivity contribution in [2.45, 2.75) is 39.2 Å². The number of nitrogens with two attached hydrogens (primary N) is 1. The summed E-state index contributed by atoms with van der Waals surface area (Å²) in [6, 6.07) is 1.65. The van der Waals surface area contributed by atoms with Crippen LogP contribution in [0.2, 0.25) is 0 Å². The molecule has 0 amide bonds. The Morgan fingerprint density at radius 1 is 1.58 bits per heavy atom. The van der Waals surface area contributed by atoms with Gasteiger partial charge >= 0.3 is 5.97 Å². The zero-order chi connectivity index (χ0) is 14.0. The Hall–Kier alpha value is -1.78. The molecule has 2 N–H and O–H groups in total. The third kappa shape index (κ3) is 2.64. The van der Waals surface area contributed by atoms with Crippen molar-refractivity contribution in [3.63, 3.8) is 0 Å². The molecular weight excluding hydrogens is 242 g/mol. The fraction of sp³-hybridized carbons (Fsp3) is 0.571. The highest BCUT2D eigenvalue weighted by Crippen LogP contribution is 2.34. The third-order valence-corrected chi connectivity index (χ3v) is 3.54. The summed E-state index contributed by atoms with van der Waals surface area (Å²) in [6.07, 6.45) is 3.77. The maximum atomic E-state index is 12.0. The average molecular weight is 263 g/mol. The van der Waals surface area contributed by atoms with Crippen LogP contribution in [0.4, 0.5) is 11.5 Å². The molecule has 0 spiro atoms. The van der Waals surface area contributed by atoms with Crippen LogP contribution in [0.1, 0.15) is 44.0 Å². The molecule has 0 unspecified atom stereocenters. The topological polar surface area (TPSA) is 68.5 Å². The molecule has 1 fully saturated rings. The Morgan fingerprint density at radius 3 is 2.89 bits per heavy atom. The third-order valence-electron chi connectivity index (χ3n) is 3.54. The van der Waals surface area contributed by atoms with Crippen molar-refractivity contribution in [1.29, 1.82) is 0 Å². The first-order valence-electron chi connectivity index (χ1n) is 6.66. The molecule has 0 bridgehead atoms. The van der Waals surface area contributed by atoms with Gasteiger partial charge in [0, 0.05) is 12.1 Å². The van der Waals surface area contributed by atoms with E-state index in [4.69, 9.17) is 10.5 Å². The molecule has 1 saturated heterocycles. The smallest absolute Gasteiger partial charge is 0.341 e. The lowest BCUT2D eigenvalue weighted by atomic mass is 10.0. The van der Waals surface area contributed by atoms with Gasteiger partial charge in [-0.15, -0.1) is 0 Å². The number of rotatable bonds is 3. The summed E-state index contributed by atoms with van der Waals surface area (Å²) in [5, 5.41) is 0. The Bertz CT molecular complexity index is 486. The van der Waals surface area contributed by atoms with Crippen molar-refractivity contribution >= 4 is 17.5 Å². The van der Waals surface area contributed by atoms with Gasteiger partial charge in [0.25, 0.3) is 0 Å². The molecule has 0 aliphatic carbocycles. The van der Waals surface area contributed by atoms with Crippen LogP contribution in [0.25, 0.3) is 0 Å². The fourth-order valence-corrected chi connectivity index (χ4v) is 2.55. The van der Waals surface area contributed by atoms with Crippen LogP contribution in [-0.4, -0.2) is 29.6 Å². The largest absolute Gasteiger partial charge is 0.462 e. The van der Waals surface area contributed by atoms with Crippen LogP contribution < -0.4 is 10.6 Å². The first-order chi connectivity index (χ1) is 8.95. The van der Waals surface area contributed by atoms with Gasteiger partial charge in [0.2, 0.25) is 0 Å². The van der Waals surface area contributed by atoms with Gasteiger partial charge in [-0.25, -0.2) is 9.78 Å². The number of pyridine rings is 1. The zero-order valence-electron chi connectivity index (χ0n) is 11.8. The van der Waals surface area contributed by atoms with Crippen LogP contribution in [0, 0.1) is 0 Å². The summed E-state index contributed by atoms with van der Waals surface area (Å²) >= 11 is 0. The molecule has 2 heterocycles. The SMILES string of the molecule is CCOC(=O)c1cc(N)cnc1N1CCCC1(C)C. The average Bonchev–Trinajstić information content (AvgIpc) is 2.69. The molecule has 0 aromatic carbocycles. The van der Waals surface area contributed by atoms with E-state index in [1.54, 1.807) is 19.2 Å². The van der Waals surface area contributed by atoms with Crippen LogP contribution in [0.5, 0.6) is 0 Å². The van der Waals surface area contributed by atoms with Crippen LogP contribution in [0.3, 0.4) is 0 Å². The molecule has 5 nitrogen and oxygen atoms in total. The molecule has 1 aliphatic heterocycles. The minimum atomic E-state index is -0.361. The predicted molar refractivity (Wildman–Crippen MR) is 75.3 cm³/mol. The summed E-state index contributed by atoms with van der Waals surface area (Å²) < 4.78 is 5.09. The molecule has 19 heavy (non-hydrogen) atoms. The van der Waals surface area contributed by atoms with E-state index < -0.39 is 0 Å². The molecule has 0 radical (unpaired) electrons. The lowest BCUT2D eigenvalue weighted by Crippen LogP contribution is -2.39. The van der Waals surface area contributed by atoms with E-state index in [1.807, 2.05) is 0 Å². The number of nitrogen functional groups attached to an aromatic ring is 1. The Kier molecular flexibility index (Phi) is 3.64. The van der Waals surface area contributed by atoms with E-state index in [0.717, 1.165) is 19.4 Å². The van der Waals surface area contributed by atoms with Gasteiger partial charge in [0.1, 0.15) is 11.4 Å². The van der Waals surface area contributed by atoms with Gasteiger partial charge in [-0.1, -0.05) is 0 Å². The van der Waals surface area contributed by atoms with Gasteiger partial charge < -0.3 is 15.4 Å². The van der Waals surface area contributed by atoms with Gasteiger partial charge in [0.15, 0.2) is 0 Å². The number of carbonyl (C=O) groups excluding carboxylic acids is 1. The van der Waals surface area contributed by atoms with Crippen LogP contribution in [-0.2, 0) is 4.74 Å². The molecule has 2 rings (SSSR count). The van der Waals surface area contributed by atoms with Crippen molar-refractivity contribution in [1.82, 2.24) is 4.98 Å². The second-order valence-electron chi connectivity index (χ2n) is 5.43. The number of ether oxygens (including phenoxy) is 1. The predicted octanol–water partition coefficient (Wildman–Crippen LogP) is 2.22. The quantitative estimate of drug-likeness (QED) is 0.847. The summed E-state index contributed by atoms with van der Waals surface area (Å²) in [4.78, 5) is 18.6. The zero-order valence-corrected chi connectivity index (χ0v) is 11.8. The number of aromatic nitrogens is 1. The summed E-state index contributed by atoms with van der Waals surface area (Å²) in [6.45, 7) is 7.35. The fourth-order valence-electron chi connectivity index (χ4n) is 2.55. The number of carbonyl (C=O) groups is 1. The molecule has 1 aliphatic rings. The van der Waals surface area contributed by atoms with Crippen molar-refractivity contribution in [3.8, 4) is 0 Å². The Morgan fingerprint density at radius 2 is 2.32 bits per heavy atom. The number of hydrogen-bond acceptors (Lipinski definition) is 5. The second-order valence-corrected chi connectivity index (χ2v) is 5.43. The number of nitrogens with zero attached hydrogens (tertiary/aromatic N) is 2. The minimum absolute atomic E-state index is 0.00433. The maximum absolute atomic E-state index is 12.0. The van der Waals surface area contributed by atoms with Crippen molar-refractivity contribution in [2.75, 3.05) is 23.8 Å². The second kappa shape index (κ2) is 5.07. The molecule has 1 aromatic rings. The lowest BCUT2D eigenvalue weighted by Gasteiger charge is -2.33. The Balaban J connectivity index is 2.42. The van der Waals surface area contributed by atoms with Gasteiger partial charge in [-0.3, -0.25) is 0 Å². The highest BCUT2D eigenvalue weighted by Gasteiger charge is 2.35. The molecule has 104 valence electrons. The van der Waals surface area contributed by atoms with E-state index >= 15 is 0 Å². The number of esters is 1. The van der Waals surface area contributed by atoms with E-state index in [-0.39, 0.29) is 11.5 Å². The lowest BCUT2D eigenvalue weighted by molar-refractivity contribution is 0.0526. The first kappa shape index (κ1) is 13.6. The maximum Gasteiger partial charge on any atom is 0.341 e. The summed E-state index contributed by atoms with van der Waals surface area (Å²) in [7, 11) is 0. The Labute approximate surface area is 113 Å². The number of anilines is 2. The van der Waals surface area contributed by atoms with Gasteiger partial charge in [-0.2, -0.15) is 0 Å². The molecule has 0 atom stereocenters. The minimum Gasteiger partial charge on any atom is -0.462 e. The van der Waals surface area contributed by atoms with E-state index in [9.17, 15) is 4.79 Å². The molecule has 5 heteroatoms. The van der Waals surface area contributed by atoms with Crippen molar-refractivity contribution in [2.24, 2.45) is 0 Å². The summed E-state index contributed by atoms with van der Waals surface area (Å²) in [5.74, 6) is 0.315. The number of hydrogen-bond donors (Lipinski definition) is 1. The molecule has 1 aromatic heterocycles. The summed E-state index contributed by atoms with van der Waals surface area (Å²) in [5.41, 5.74) is 6.67. The van der Waals surface area contributed by atoms with E-state index in [1.165, 1.54) is 0 Å². The standard InChI is InChI=1S/C14H21N3O2/c1-4-19-13(18)11-8-10(15)9-16-12(11)17-7-5-6-14(17,2)3/h8-9H,4-7,15H2,1-3H3.